The number of carbonyl (C=O) groups excluding carboxylic acids is 2. The molecule has 1 rings (SSSR count). The van der Waals surface area contributed by atoms with Gasteiger partial charge in [0.25, 0.3) is 5.70 Å². The van der Waals surface area contributed by atoms with Gasteiger partial charge < -0.3 is 5.32 Å². The normalized spacial score (nSPS) is 20.2. The summed E-state index contributed by atoms with van der Waals surface area (Å²) in [5.74, 6) is -0.833. The van der Waals surface area contributed by atoms with Crippen molar-refractivity contribution in [3.8, 4) is 0 Å². The second kappa shape index (κ2) is 3.82. The lowest BCUT2D eigenvalue weighted by Gasteiger charge is -2.12. The molecule has 0 aromatic carbocycles. The Hall–Kier alpha value is -1.98. The highest BCUT2D eigenvalue weighted by molar-refractivity contribution is 6.01. The van der Waals surface area contributed by atoms with Gasteiger partial charge in [0.15, 0.2) is 5.78 Å². The van der Waals surface area contributed by atoms with Gasteiger partial charge in [-0.3, -0.25) is 19.7 Å². The van der Waals surface area contributed by atoms with E-state index < -0.39 is 16.7 Å². The second-order valence-corrected chi connectivity index (χ2v) is 2.77. The van der Waals surface area contributed by atoms with Crippen LogP contribution >= 0.6 is 0 Å². The Kier molecular flexibility index (Phi) is 2.76. The fraction of sp³-hybridized carbons (Fsp3) is 0.250. The molecule has 6 nitrogen and oxygen atoms in total. The molecular formula is C8H8N2O4. The van der Waals surface area contributed by atoms with Crippen molar-refractivity contribution in [2.75, 3.05) is 0 Å². The number of amides is 1. The molecule has 0 spiro atoms. The van der Waals surface area contributed by atoms with E-state index in [0.717, 1.165) is 6.08 Å². The number of nitro groups is 1. The van der Waals surface area contributed by atoms with Gasteiger partial charge in [-0.15, -0.1) is 0 Å². The molecule has 1 amide bonds. The summed E-state index contributed by atoms with van der Waals surface area (Å²) in [7, 11) is 0. The summed E-state index contributed by atoms with van der Waals surface area (Å²) in [5, 5.41) is 12.8. The quantitative estimate of drug-likeness (QED) is 0.488. The van der Waals surface area contributed by atoms with E-state index in [1.807, 2.05) is 0 Å². The lowest BCUT2D eigenvalue weighted by molar-refractivity contribution is -0.428. The number of carbonyl (C=O) groups is 2. The van der Waals surface area contributed by atoms with E-state index in [1.54, 1.807) is 0 Å². The lowest BCUT2D eigenvalue weighted by atomic mass is 10.1. The third-order valence-electron chi connectivity index (χ3n) is 1.63. The fourth-order valence-electron chi connectivity index (χ4n) is 1.08. The summed E-state index contributed by atoms with van der Waals surface area (Å²) in [6.07, 6.45) is 3.38. The molecule has 0 aliphatic heterocycles. The highest BCUT2D eigenvalue weighted by atomic mass is 16.6. The van der Waals surface area contributed by atoms with Crippen LogP contribution in [-0.2, 0) is 9.59 Å². The number of ketones is 1. The molecule has 1 unspecified atom stereocenters. The SMILES string of the molecule is CC(=O)NC1C=CC(=O)C=C1[N+](=O)[O-]. The summed E-state index contributed by atoms with van der Waals surface area (Å²) in [4.78, 5) is 31.3. The average Bonchev–Trinajstić information content (AvgIpc) is 2.07. The van der Waals surface area contributed by atoms with Crippen LogP contribution in [0.25, 0.3) is 0 Å². The smallest absolute Gasteiger partial charge is 0.276 e. The molecule has 0 bridgehead atoms. The molecule has 0 aromatic heterocycles. The average molecular weight is 196 g/mol. The van der Waals surface area contributed by atoms with Crippen molar-refractivity contribution in [2.45, 2.75) is 13.0 Å². The largest absolute Gasteiger partial charge is 0.340 e. The van der Waals surface area contributed by atoms with Gasteiger partial charge in [0.05, 0.1) is 11.0 Å². The highest BCUT2D eigenvalue weighted by Crippen LogP contribution is 2.10. The van der Waals surface area contributed by atoms with Crippen LogP contribution in [0.1, 0.15) is 6.92 Å². The van der Waals surface area contributed by atoms with E-state index >= 15 is 0 Å². The summed E-state index contributed by atoms with van der Waals surface area (Å²) in [6, 6.07) is -0.819. The Labute approximate surface area is 79.4 Å². The number of hydrogen-bond acceptors (Lipinski definition) is 4. The van der Waals surface area contributed by atoms with E-state index in [1.165, 1.54) is 19.1 Å². The molecule has 6 heteroatoms. The van der Waals surface area contributed by atoms with Crippen LogP contribution in [-0.4, -0.2) is 22.7 Å². The molecule has 0 saturated carbocycles. The van der Waals surface area contributed by atoms with E-state index in [2.05, 4.69) is 5.32 Å². The predicted molar refractivity (Wildman–Crippen MR) is 46.8 cm³/mol. The van der Waals surface area contributed by atoms with Gasteiger partial charge in [-0.25, -0.2) is 0 Å². The first-order valence-corrected chi connectivity index (χ1v) is 3.86. The van der Waals surface area contributed by atoms with Gasteiger partial charge in [-0.05, 0) is 12.2 Å². The Morgan fingerprint density at radius 2 is 2.29 bits per heavy atom. The number of hydrogen-bond donors (Lipinski definition) is 1. The van der Waals surface area contributed by atoms with Crippen molar-refractivity contribution in [3.63, 3.8) is 0 Å². The molecule has 1 N–H and O–H groups in total. The highest BCUT2D eigenvalue weighted by Gasteiger charge is 2.26. The van der Waals surface area contributed by atoms with Gasteiger partial charge in [0.1, 0.15) is 6.04 Å². The van der Waals surface area contributed by atoms with Crippen molar-refractivity contribution >= 4 is 11.7 Å². The number of allylic oxidation sites excluding steroid dienone is 2. The maximum atomic E-state index is 10.8. The first-order chi connectivity index (χ1) is 6.50. The number of nitrogens with one attached hydrogen (secondary N) is 1. The minimum atomic E-state index is -0.819. The third-order valence-corrected chi connectivity index (χ3v) is 1.63. The molecule has 0 radical (unpaired) electrons. The van der Waals surface area contributed by atoms with Gasteiger partial charge >= 0.3 is 0 Å². The monoisotopic (exact) mass is 196 g/mol. The summed E-state index contributed by atoms with van der Waals surface area (Å²) >= 11 is 0. The first-order valence-electron chi connectivity index (χ1n) is 3.86. The van der Waals surface area contributed by atoms with Crippen molar-refractivity contribution in [1.82, 2.24) is 5.32 Å². The lowest BCUT2D eigenvalue weighted by Crippen LogP contribution is -2.37. The molecule has 1 atom stereocenters. The molecule has 0 fully saturated rings. The molecular weight excluding hydrogens is 188 g/mol. The van der Waals surface area contributed by atoms with Crippen LogP contribution < -0.4 is 5.32 Å². The van der Waals surface area contributed by atoms with Gasteiger partial charge in [-0.1, -0.05) is 0 Å². The van der Waals surface area contributed by atoms with Crippen molar-refractivity contribution < 1.29 is 14.5 Å². The number of nitrogens with zero attached hydrogens (tertiary/aromatic N) is 1. The van der Waals surface area contributed by atoms with E-state index in [9.17, 15) is 19.7 Å². The van der Waals surface area contributed by atoms with Crippen LogP contribution in [0.5, 0.6) is 0 Å². The minimum Gasteiger partial charge on any atom is -0.340 e. The Morgan fingerprint density at radius 3 is 2.79 bits per heavy atom. The summed E-state index contributed by atoms with van der Waals surface area (Å²) in [6.45, 7) is 1.25. The topological polar surface area (TPSA) is 89.3 Å². The van der Waals surface area contributed by atoms with Crippen LogP contribution in [0.3, 0.4) is 0 Å². The molecule has 1 aliphatic carbocycles. The summed E-state index contributed by atoms with van der Waals surface area (Å²) in [5.41, 5.74) is -0.312. The predicted octanol–water partition coefficient (Wildman–Crippen LogP) is -0.209. The van der Waals surface area contributed by atoms with Crippen LogP contribution in [0.15, 0.2) is 23.9 Å². The van der Waals surface area contributed by atoms with Gasteiger partial charge in [0, 0.05) is 6.92 Å². The van der Waals surface area contributed by atoms with Crippen molar-refractivity contribution in [3.05, 3.63) is 34.0 Å². The maximum Gasteiger partial charge on any atom is 0.276 e. The molecule has 74 valence electrons. The zero-order valence-corrected chi connectivity index (χ0v) is 7.39. The van der Waals surface area contributed by atoms with E-state index in [-0.39, 0.29) is 11.6 Å². The molecule has 14 heavy (non-hydrogen) atoms. The zero-order valence-electron chi connectivity index (χ0n) is 7.39. The molecule has 0 saturated heterocycles. The van der Waals surface area contributed by atoms with Crippen molar-refractivity contribution in [1.29, 1.82) is 0 Å². The van der Waals surface area contributed by atoms with Crippen LogP contribution in [0, 0.1) is 10.1 Å². The first kappa shape index (κ1) is 10.1. The van der Waals surface area contributed by atoms with E-state index in [4.69, 9.17) is 0 Å². The van der Waals surface area contributed by atoms with Gasteiger partial charge in [0.2, 0.25) is 5.91 Å². The fourth-order valence-corrected chi connectivity index (χ4v) is 1.08. The maximum absolute atomic E-state index is 10.8. The molecule has 0 aromatic rings. The van der Waals surface area contributed by atoms with Crippen LogP contribution in [0.2, 0.25) is 0 Å². The van der Waals surface area contributed by atoms with Crippen LogP contribution in [0.4, 0.5) is 0 Å². The van der Waals surface area contributed by atoms with Gasteiger partial charge in [-0.2, -0.15) is 0 Å². The Morgan fingerprint density at radius 1 is 1.64 bits per heavy atom. The van der Waals surface area contributed by atoms with Crippen molar-refractivity contribution in [2.24, 2.45) is 0 Å². The van der Waals surface area contributed by atoms with E-state index in [0.29, 0.717) is 0 Å². The standard InChI is InChI=1S/C8H8N2O4/c1-5(11)9-7-3-2-6(12)4-8(7)10(13)14/h2-4,7H,1H3,(H,9,11). The minimum absolute atomic E-state index is 0.312. The third kappa shape index (κ3) is 2.25. The summed E-state index contributed by atoms with van der Waals surface area (Å²) < 4.78 is 0. The Balaban J connectivity index is 2.89. The zero-order chi connectivity index (χ0) is 10.7. The Bertz CT molecular complexity index is 356. The second-order valence-electron chi connectivity index (χ2n) is 2.77. The molecule has 1 aliphatic rings. The molecule has 0 heterocycles. The number of rotatable bonds is 2.